The number of aromatic nitrogens is 2. The summed E-state index contributed by atoms with van der Waals surface area (Å²) in [5, 5.41) is 21.1. The lowest BCUT2D eigenvalue weighted by atomic mass is 9.97. The number of nitro groups is 1. The lowest BCUT2D eigenvalue weighted by Gasteiger charge is -2.33. The van der Waals surface area contributed by atoms with Crippen molar-refractivity contribution in [2.24, 2.45) is 5.92 Å². The second kappa shape index (κ2) is 15.9. The van der Waals surface area contributed by atoms with E-state index in [4.69, 9.17) is 25.8 Å². The van der Waals surface area contributed by atoms with Crippen molar-refractivity contribution in [3.8, 4) is 23.0 Å². The first-order valence-corrected chi connectivity index (χ1v) is 15.6. The van der Waals surface area contributed by atoms with E-state index in [1.54, 1.807) is 12.1 Å². The molecule has 3 aromatic carbocycles. The molecule has 1 N–H and O–H groups in total. The standard InChI is InChI=1S/C33H34ClF3N4O7/c34-32-38-31(41(43)44)19-40(32)18-15-26(42)22-47-27-7-3-25(4-8-27)39-16-13-24(14-17-39)21-46-29-11-9-28(10-12-29)45-20-23-1-5-30(6-2-23)48-33(35,36)37/h1-12,19,24,26,42H,13-18,20-22H2/t26-/m0/s1. The number of imidazole rings is 1. The topological polar surface area (TPSA) is 121 Å². The molecular formula is C33H34ClF3N4O7. The van der Waals surface area contributed by atoms with Crippen LogP contribution in [0.1, 0.15) is 24.8 Å². The van der Waals surface area contributed by atoms with Gasteiger partial charge in [0.05, 0.1) is 12.7 Å². The van der Waals surface area contributed by atoms with Gasteiger partial charge in [-0.05, 0) is 113 Å². The molecule has 0 amide bonds. The van der Waals surface area contributed by atoms with E-state index in [1.807, 2.05) is 36.4 Å². The van der Waals surface area contributed by atoms with E-state index in [9.17, 15) is 28.4 Å². The minimum absolute atomic E-state index is 0.00628. The molecule has 1 saturated heterocycles. The lowest BCUT2D eigenvalue weighted by molar-refractivity contribution is -0.389. The molecule has 48 heavy (non-hydrogen) atoms. The molecule has 0 radical (unpaired) electrons. The number of hydrogen-bond acceptors (Lipinski definition) is 9. The molecule has 256 valence electrons. The Bertz CT molecular complexity index is 1610. The van der Waals surface area contributed by atoms with Crippen molar-refractivity contribution in [3.63, 3.8) is 0 Å². The molecule has 1 aliphatic rings. The van der Waals surface area contributed by atoms with Gasteiger partial charge < -0.3 is 39.1 Å². The monoisotopic (exact) mass is 690 g/mol. The van der Waals surface area contributed by atoms with Crippen LogP contribution in [0.4, 0.5) is 24.7 Å². The summed E-state index contributed by atoms with van der Waals surface area (Å²) in [7, 11) is 0. The smallest absolute Gasteiger partial charge is 0.493 e. The Kier molecular flexibility index (Phi) is 11.5. The predicted molar refractivity (Wildman–Crippen MR) is 171 cm³/mol. The van der Waals surface area contributed by atoms with Gasteiger partial charge in [0.15, 0.2) is 0 Å². The first-order valence-electron chi connectivity index (χ1n) is 15.2. The van der Waals surface area contributed by atoms with E-state index in [-0.39, 0.29) is 43.0 Å². The number of alkyl halides is 3. The first-order chi connectivity index (χ1) is 23.0. The Morgan fingerprint density at radius 1 is 0.917 bits per heavy atom. The van der Waals surface area contributed by atoms with Crippen LogP contribution in [0.15, 0.2) is 79.0 Å². The van der Waals surface area contributed by atoms with Crippen LogP contribution in [0.3, 0.4) is 0 Å². The molecule has 11 nitrogen and oxygen atoms in total. The van der Waals surface area contributed by atoms with Gasteiger partial charge in [-0.1, -0.05) is 12.1 Å². The van der Waals surface area contributed by atoms with Gasteiger partial charge in [0.25, 0.3) is 0 Å². The van der Waals surface area contributed by atoms with Gasteiger partial charge in [0, 0.05) is 25.3 Å². The van der Waals surface area contributed by atoms with Crippen LogP contribution in [0.2, 0.25) is 5.28 Å². The molecule has 15 heteroatoms. The summed E-state index contributed by atoms with van der Waals surface area (Å²) in [4.78, 5) is 16.2. The van der Waals surface area contributed by atoms with Crippen molar-refractivity contribution in [1.29, 1.82) is 0 Å². The van der Waals surface area contributed by atoms with E-state index in [2.05, 4.69) is 14.6 Å². The third-order valence-corrected chi connectivity index (χ3v) is 8.04. The fourth-order valence-corrected chi connectivity index (χ4v) is 5.32. The zero-order chi connectivity index (χ0) is 34.1. The number of rotatable bonds is 15. The van der Waals surface area contributed by atoms with E-state index in [1.165, 1.54) is 35.0 Å². The number of halogens is 4. The van der Waals surface area contributed by atoms with Crippen LogP contribution in [-0.4, -0.2) is 58.4 Å². The molecule has 2 heterocycles. The number of anilines is 1. The molecule has 1 aromatic heterocycles. The lowest BCUT2D eigenvalue weighted by Crippen LogP contribution is -2.35. The van der Waals surface area contributed by atoms with E-state index in [0.717, 1.165) is 37.4 Å². The minimum Gasteiger partial charge on any atom is -0.493 e. The van der Waals surface area contributed by atoms with Gasteiger partial charge >= 0.3 is 17.5 Å². The van der Waals surface area contributed by atoms with Gasteiger partial charge in [-0.15, -0.1) is 13.2 Å². The van der Waals surface area contributed by atoms with Crippen LogP contribution in [0.5, 0.6) is 23.0 Å². The van der Waals surface area contributed by atoms with E-state index < -0.39 is 17.4 Å². The average Bonchev–Trinajstić information content (AvgIpc) is 3.46. The van der Waals surface area contributed by atoms with Crippen molar-refractivity contribution in [1.82, 2.24) is 9.55 Å². The molecular weight excluding hydrogens is 657 g/mol. The predicted octanol–water partition coefficient (Wildman–Crippen LogP) is 7.05. The number of aliphatic hydroxyl groups excluding tert-OH is 1. The summed E-state index contributed by atoms with van der Waals surface area (Å²) in [6.07, 6.45) is -2.04. The zero-order valence-corrected chi connectivity index (χ0v) is 26.5. The molecule has 5 rings (SSSR count). The SMILES string of the molecule is O=[N+]([O-])c1cn(CC[C@H](O)COc2ccc(N3CCC(COc4ccc(OCc5ccc(OC(F)(F)F)cc5)cc4)CC3)cc2)c(Cl)n1. The third kappa shape index (κ3) is 10.4. The highest BCUT2D eigenvalue weighted by atomic mass is 35.5. The number of aryl methyl sites for hydroxylation is 1. The zero-order valence-electron chi connectivity index (χ0n) is 25.7. The highest BCUT2D eigenvalue weighted by Crippen LogP contribution is 2.27. The Hall–Kier alpha value is -4.69. The van der Waals surface area contributed by atoms with Gasteiger partial charge in [-0.3, -0.25) is 4.57 Å². The number of piperidine rings is 1. The second-order valence-corrected chi connectivity index (χ2v) is 11.6. The second-order valence-electron chi connectivity index (χ2n) is 11.3. The molecule has 0 saturated carbocycles. The fraction of sp³-hybridized carbons (Fsp3) is 0.364. The van der Waals surface area contributed by atoms with Crippen LogP contribution in [-0.2, 0) is 13.2 Å². The highest BCUT2D eigenvalue weighted by molar-refractivity contribution is 6.28. The average molecular weight is 691 g/mol. The number of ether oxygens (including phenoxy) is 4. The fourth-order valence-electron chi connectivity index (χ4n) is 5.10. The van der Waals surface area contributed by atoms with Crippen molar-refractivity contribution < 1.29 is 42.1 Å². The molecule has 0 spiro atoms. The van der Waals surface area contributed by atoms with Crippen LogP contribution in [0.25, 0.3) is 0 Å². The highest BCUT2D eigenvalue weighted by Gasteiger charge is 2.31. The van der Waals surface area contributed by atoms with Crippen LogP contribution >= 0.6 is 11.6 Å². The molecule has 0 unspecified atom stereocenters. The molecule has 1 fully saturated rings. The summed E-state index contributed by atoms with van der Waals surface area (Å²) in [6, 6.07) is 20.5. The van der Waals surface area contributed by atoms with Gasteiger partial charge in [0.2, 0.25) is 0 Å². The molecule has 0 aliphatic carbocycles. The largest absolute Gasteiger partial charge is 0.573 e. The molecule has 1 atom stereocenters. The third-order valence-electron chi connectivity index (χ3n) is 7.74. The maximum absolute atomic E-state index is 12.3. The number of hydrogen-bond donors (Lipinski definition) is 1. The first kappa shape index (κ1) is 34.6. The summed E-state index contributed by atoms with van der Waals surface area (Å²) in [6.45, 7) is 2.90. The summed E-state index contributed by atoms with van der Waals surface area (Å²) in [5.74, 6) is 1.77. The van der Waals surface area contributed by atoms with Crippen molar-refractivity contribution >= 4 is 23.1 Å². The quantitative estimate of drug-likeness (QED) is 0.103. The van der Waals surface area contributed by atoms with Gasteiger partial charge in [0.1, 0.15) is 42.4 Å². The maximum atomic E-state index is 12.3. The Balaban J connectivity index is 0.973. The number of aliphatic hydroxyl groups is 1. The molecule has 1 aliphatic heterocycles. The number of benzene rings is 3. The van der Waals surface area contributed by atoms with Crippen molar-refractivity contribution in [2.75, 3.05) is 31.2 Å². The summed E-state index contributed by atoms with van der Waals surface area (Å²) < 4.78 is 59.7. The normalized spacial score (nSPS) is 14.4. The van der Waals surface area contributed by atoms with Crippen LogP contribution in [0, 0.1) is 16.0 Å². The maximum Gasteiger partial charge on any atom is 0.573 e. The van der Waals surface area contributed by atoms with E-state index >= 15 is 0 Å². The van der Waals surface area contributed by atoms with Gasteiger partial charge in [-0.2, -0.15) is 0 Å². The molecule has 4 aromatic rings. The van der Waals surface area contributed by atoms with E-state index in [0.29, 0.717) is 29.6 Å². The molecule has 0 bridgehead atoms. The van der Waals surface area contributed by atoms with Gasteiger partial charge in [-0.25, -0.2) is 0 Å². The Morgan fingerprint density at radius 3 is 2.10 bits per heavy atom. The Morgan fingerprint density at radius 2 is 1.50 bits per heavy atom. The minimum atomic E-state index is -4.72. The summed E-state index contributed by atoms with van der Waals surface area (Å²) >= 11 is 5.91. The number of nitrogens with zero attached hydrogens (tertiary/aromatic N) is 4. The van der Waals surface area contributed by atoms with Crippen molar-refractivity contribution in [2.45, 2.75) is 44.9 Å². The van der Waals surface area contributed by atoms with Crippen molar-refractivity contribution in [3.05, 3.63) is 100.0 Å². The van der Waals surface area contributed by atoms with Crippen LogP contribution < -0.4 is 23.8 Å². The summed E-state index contributed by atoms with van der Waals surface area (Å²) in [5.41, 5.74) is 1.79. The Labute approximate surface area is 279 Å².